The lowest BCUT2D eigenvalue weighted by molar-refractivity contribution is 0.0838. The van der Waals surface area contributed by atoms with E-state index in [4.69, 9.17) is 21.3 Å². The van der Waals surface area contributed by atoms with Gasteiger partial charge in [0.25, 0.3) is 11.5 Å². The molecule has 1 aliphatic carbocycles. The number of nitrogens with one attached hydrogen (secondary N) is 1. The predicted octanol–water partition coefficient (Wildman–Crippen LogP) is 3.82. The molecule has 1 aromatic carbocycles. The molecule has 0 aliphatic heterocycles. The first-order valence-corrected chi connectivity index (χ1v) is 12.6. The van der Waals surface area contributed by atoms with Crippen molar-refractivity contribution in [2.24, 2.45) is 7.05 Å². The van der Waals surface area contributed by atoms with Crippen LogP contribution in [0.2, 0.25) is 5.02 Å². The molecule has 35 heavy (non-hydrogen) atoms. The van der Waals surface area contributed by atoms with Gasteiger partial charge >= 0.3 is 0 Å². The van der Waals surface area contributed by atoms with Crippen LogP contribution in [0.5, 0.6) is 5.75 Å². The molecule has 1 saturated carbocycles. The number of aliphatic hydroxyl groups is 1. The Morgan fingerprint density at radius 2 is 2.11 bits per heavy atom. The number of ether oxygens (including phenoxy) is 1. The molecule has 2 unspecified atom stereocenters. The zero-order chi connectivity index (χ0) is 25.3. The van der Waals surface area contributed by atoms with E-state index in [1.165, 1.54) is 0 Å². The smallest absolute Gasteiger partial charge is 0.272 e. The molecule has 0 saturated heterocycles. The summed E-state index contributed by atoms with van der Waals surface area (Å²) >= 11 is 6.16. The quantitative estimate of drug-likeness (QED) is 0.514. The maximum Gasteiger partial charge on any atom is 0.272 e. The van der Waals surface area contributed by atoms with Crippen LogP contribution in [-0.2, 0) is 20.0 Å². The molecule has 2 N–H and O–H groups in total. The molecule has 3 aromatic rings. The number of amides is 1. The number of aryl methyl sites for hydroxylation is 2. The number of nitrogens with zero attached hydrogens (tertiary/aromatic N) is 3. The van der Waals surface area contributed by atoms with Gasteiger partial charge in [0.1, 0.15) is 11.2 Å². The van der Waals surface area contributed by atoms with E-state index in [-0.39, 0.29) is 40.4 Å². The molecule has 2 atom stereocenters. The lowest BCUT2D eigenvalue weighted by atomic mass is 9.93. The van der Waals surface area contributed by atoms with Crippen LogP contribution in [0, 0.1) is 0 Å². The summed E-state index contributed by atoms with van der Waals surface area (Å²) in [6.45, 7) is 5.97. The maximum absolute atomic E-state index is 13.9. The van der Waals surface area contributed by atoms with Gasteiger partial charge in [-0.05, 0) is 57.2 Å². The van der Waals surface area contributed by atoms with Crippen molar-refractivity contribution >= 4 is 28.5 Å². The molecule has 2 heterocycles. The molecule has 1 fully saturated rings. The average Bonchev–Trinajstić information content (AvgIpc) is 3.06. The zero-order valence-corrected chi connectivity index (χ0v) is 21.4. The first-order valence-electron chi connectivity index (χ1n) is 12.2. The summed E-state index contributed by atoms with van der Waals surface area (Å²) in [6.07, 6.45) is 2.79. The number of rotatable bonds is 7. The van der Waals surface area contributed by atoms with Gasteiger partial charge in [-0.1, -0.05) is 30.7 Å². The molecule has 0 bridgehead atoms. The second-order valence-electron chi connectivity index (χ2n) is 9.50. The highest BCUT2D eigenvalue weighted by Crippen LogP contribution is 2.31. The lowest BCUT2D eigenvalue weighted by Crippen LogP contribution is -2.40. The highest BCUT2D eigenvalue weighted by molar-refractivity contribution is 6.30. The van der Waals surface area contributed by atoms with Crippen molar-refractivity contribution < 1.29 is 14.6 Å². The van der Waals surface area contributed by atoms with E-state index in [1.54, 1.807) is 22.2 Å². The minimum absolute atomic E-state index is 0.130. The van der Waals surface area contributed by atoms with Crippen molar-refractivity contribution in [1.82, 2.24) is 19.4 Å². The Morgan fingerprint density at radius 1 is 1.34 bits per heavy atom. The Balaban J connectivity index is 1.84. The topological polar surface area (TPSA) is 98.4 Å². The summed E-state index contributed by atoms with van der Waals surface area (Å²) in [4.78, 5) is 32.1. The number of fused-ring (bicyclic) bond motifs is 1. The van der Waals surface area contributed by atoms with Crippen LogP contribution < -0.4 is 15.6 Å². The molecule has 0 radical (unpaired) electrons. The Hall–Kier alpha value is -2.84. The van der Waals surface area contributed by atoms with Crippen molar-refractivity contribution in [2.45, 2.75) is 77.7 Å². The molecular formula is C26H33ClN4O4. The van der Waals surface area contributed by atoms with Gasteiger partial charge in [-0.15, -0.1) is 0 Å². The van der Waals surface area contributed by atoms with Gasteiger partial charge < -0.3 is 19.7 Å². The Kier molecular flexibility index (Phi) is 7.52. The first-order chi connectivity index (χ1) is 16.7. The standard InChI is InChI=1S/C26H33ClN4O4/c1-5-20-29-24-21(26(34)31(20)14-16-8-6-9-17(27)12-16)23(35-15(2)3)22(30(24)4)25(33)28-18-10-7-11-19(32)13-18/h6,8-9,12,15,18-19,32H,5,7,10-11,13-14H2,1-4H3,(H,28,33). The van der Waals surface area contributed by atoms with Crippen LogP contribution in [0.1, 0.15) is 68.3 Å². The van der Waals surface area contributed by atoms with E-state index in [2.05, 4.69) is 5.32 Å². The number of halogens is 1. The normalized spacial score (nSPS) is 18.3. The van der Waals surface area contributed by atoms with Crippen molar-refractivity contribution in [3.63, 3.8) is 0 Å². The maximum atomic E-state index is 13.9. The van der Waals surface area contributed by atoms with Gasteiger partial charge in [0.05, 0.1) is 18.8 Å². The third kappa shape index (κ3) is 5.23. The van der Waals surface area contributed by atoms with Gasteiger partial charge in [0.2, 0.25) is 0 Å². The van der Waals surface area contributed by atoms with Gasteiger partial charge in [-0.2, -0.15) is 0 Å². The molecule has 2 aromatic heterocycles. The van der Waals surface area contributed by atoms with E-state index in [9.17, 15) is 14.7 Å². The van der Waals surface area contributed by atoms with E-state index in [0.29, 0.717) is 35.9 Å². The minimum Gasteiger partial charge on any atom is -0.488 e. The van der Waals surface area contributed by atoms with Gasteiger partial charge in [0.15, 0.2) is 17.1 Å². The van der Waals surface area contributed by atoms with E-state index < -0.39 is 6.10 Å². The first kappa shape index (κ1) is 25.3. The van der Waals surface area contributed by atoms with Crippen LogP contribution >= 0.6 is 11.6 Å². The Bertz CT molecular complexity index is 1300. The summed E-state index contributed by atoms with van der Waals surface area (Å²) in [6, 6.07) is 7.25. The Morgan fingerprint density at radius 3 is 2.77 bits per heavy atom. The molecular weight excluding hydrogens is 468 g/mol. The van der Waals surface area contributed by atoms with Gasteiger partial charge in [0, 0.05) is 24.5 Å². The van der Waals surface area contributed by atoms with Crippen molar-refractivity contribution in [2.75, 3.05) is 0 Å². The fourth-order valence-electron chi connectivity index (χ4n) is 4.81. The summed E-state index contributed by atoms with van der Waals surface area (Å²) in [5.41, 5.74) is 1.30. The Labute approximate surface area is 209 Å². The molecule has 1 amide bonds. The largest absolute Gasteiger partial charge is 0.488 e. The van der Waals surface area contributed by atoms with E-state index in [1.807, 2.05) is 39.0 Å². The molecule has 9 heteroatoms. The SMILES string of the molecule is CCc1nc2c(c(OC(C)C)c(C(=O)NC3CCCC(O)C3)n2C)c(=O)n1Cc1cccc(Cl)c1. The van der Waals surface area contributed by atoms with E-state index >= 15 is 0 Å². The van der Waals surface area contributed by atoms with Crippen molar-refractivity contribution in [1.29, 1.82) is 0 Å². The fraction of sp³-hybridized carbons (Fsp3) is 0.500. The zero-order valence-electron chi connectivity index (χ0n) is 20.7. The average molecular weight is 501 g/mol. The van der Waals surface area contributed by atoms with Crippen LogP contribution in [0.15, 0.2) is 29.1 Å². The monoisotopic (exact) mass is 500 g/mol. The second-order valence-corrected chi connectivity index (χ2v) is 9.93. The summed E-state index contributed by atoms with van der Waals surface area (Å²) in [7, 11) is 1.73. The number of aliphatic hydroxyl groups excluding tert-OH is 1. The molecule has 0 spiro atoms. The fourth-order valence-corrected chi connectivity index (χ4v) is 5.02. The van der Waals surface area contributed by atoms with Gasteiger partial charge in [-0.25, -0.2) is 4.98 Å². The molecule has 1 aliphatic rings. The highest BCUT2D eigenvalue weighted by Gasteiger charge is 2.30. The van der Waals surface area contributed by atoms with Crippen molar-refractivity contribution in [3.8, 4) is 5.75 Å². The number of hydrogen-bond donors (Lipinski definition) is 2. The molecule has 188 valence electrons. The number of carbonyl (C=O) groups excluding carboxylic acids is 1. The summed E-state index contributed by atoms with van der Waals surface area (Å²) in [5, 5.41) is 13.9. The summed E-state index contributed by atoms with van der Waals surface area (Å²) in [5.74, 6) is 0.520. The number of benzene rings is 1. The van der Waals surface area contributed by atoms with Crippen LogP contribution in [0.4, 0.5) is 0 Å². The number of carbonyl (C=O) groups is 1. The number of hydrogen-bond acceptors (Lipinski definition) is 5. The molecule has 4 rings (SSSR count). The third-order valence-corrected chi connectivity index (χ3v) is 6.66. The predicted molar refractivity (Wildman–Crippen MR) is 136 cm³/mol. The minimum atomic E-state index is -0.416. The number of aromatic nitrogens is 3. The van der Waals surface area contributed by atoms with Gasteiger partial charge in [-0.3, -0.25) is 14.2 Å². The van der Waals surface area contributed by atoms with Crippen LogP contribution in [0.25, 0.3) is 11.0 Å². The second kappa shape index (κ2) is 10.4. The van der Waals surface area contributed by atoms with Crippen molar-refractivity contribution in [3.05, 3.63) is 56.7 Å². The third-order valence-electron chi connectivity index (χ3n) is 6.42. The highest BCUT2D eigenvalue weighted by atomic mass is 35.5. The van der Waals surface area contributed by atoms with Crippen LogP contribution in [-0.4, -0.2) is 43.4 Å². The molecule has 8 nitrogen and oxygen atoms in total. The van der Waals surface area contributed by atoms with E-state index in [0.717, 1.165) is 24.8 Å². The lowest BCUT2D eigenvalue weighted by Gasteiger charge is -2.26. The summed E-state index contributed by atoms with van der Waals surface area (Å²) < 4.78 is 9.35. The van der Waals surface area contributed by atoms with Crippen LogP contribution in [0.3, 0.4) is 0 Å².